The summed E-state index contributed by atoms with van der Waals surface area (Å²) in [6, 6.07) is 18.5. The van der Waals surface area contributed by atoms with Gasteiger partial charge >= 0.3 is 12.0 Å². The molecule has 172 valence electrons. The predicted molar refractivity (Wildman–Crippen MR) is 128 cm³/mol. The minimum absolute atomic E-state index is 0.0763. The van der Waals surface area contributed by atoms with Crippen LogP contribution in [0.3, 0.4) is 0 Å². The molecule has 2 amide bonds. The second kappa shape index (κ2) is 11.4. The molecule has 1 atom stereocenters. The molecule has 0 unspecified atom stereocenters. The van der Waals surface area contributed by atoms with Gasteiger partial charge in [0.05, 0.1) is 18.2 Å². The summed E-state index contributed by atoms with van der Waals surface area (Å²) in [6.07, 6.45) is 0.918. The molecule has 3 rings (SSSR count). The molecule has 0 saturated heterocycles. The van der Waals surface area contributed by atoms with Gasteiger partial charge in [-0.15, -0.1) is 0 Å². The van der Waals surface area contributed by atoms with E-state index in [0.29, 0.717) is 35.5 Å². The van der Waals surface area contributed by atoms with E-state index < -0.39 is 18.0 Å². The molecule has 0 aromatic heterocycles. The number of nitrogens with two attached hydrogens (primary N) is 1. The van der Waals surface area contributed by atoms with Crippen molar-refractivity contribution in [2.45, 2.75) is 31.8 Å². The standard InChI is InChI=1S/C25H26ClN3O4/c26-20-12-19(11-6-16-4-2-1-3-5-16)24(32)22(13-20)29-25(33)28-21(14-23(30)31)18-9-7-17(15-27)8-10-18/h1-5,7-10,12-13,21,32H,6,11,14-15,27H2,(H,30,31)(H2,28,29,33)/t21-/m0/s1. The fourth-order valence-electron chi connectivity index (χ4n) is 3.49. The first kappa shape index (κ1) is 24.1. The van der Waals surface area contributed by atoms with Crippen LogP contribution in [0.5, 0.6) is 5.75 Å². The fraction of sp³-hybridized carbons (Fsp3) is 0.200. The number of aliphatic carboxylic acids is 1. The largest absolute Gasteiger partial charge is 0.505 e. The number of carbonyl (C=O) groups excluding carboxylic acids is 1. The Morgan fingerprint density at radius 2 is 1.67 bits per heavy atom. The van der Waals surface area contributed by atoms with Gasteiger partial charge in [-0.1, -0.05) is 66.2 Å². The van der Waals surface area contributed by atoms with Crippen molar-refractivity contribution in [3.63, 3.8) is 0 Å². The average molecular weight is 468 g/mol. The van der Waals surface area contributed by atoms with Gasteiger partial charge in [0.1, 0.15) is 5.75 Å². The summed E-state index contributed by atoms with van der Waals surface area (Å²) in [5.41, 5.74) is 8.99. The Morgan fingerprint density at radius 1 is 0.970 bits per heavy atom. The number of carboxylic acids is 1. The van der Waals surface area contributed by atoms with Crippen LogP contribution in [-0.4, -0.2) is 22.2 Å². The second-order valence-electron chi connectivity index (χ2n) is 7.64. The highest BCUT2D eigenvalue weighted by Gasteiger charge is 2.20. The Balaban J connectivity index is 1.73. The summed E-state index contributed by atoms with van der Waals surface area (Å²) in [7, 11) is 0. The van der Waals surface area contributed by atoms with E-state index in [2.05, 4.69) is 10.6 Å². The number of urea groups is 1. The van der Waals surface area contributed by atoms with E-state index in [1.807, 2.05) is 30.3 Å². The zero-order chi connectivity index (χ0) is 23.8. The van der Waals surface area contributed by atoms with Gasteiger partial charge in [0.25, 0.3) is 0 Å². The highest BCUT2D eigenvalue weighted by Crippen LogP contribution is 2.32. The molecule has 3 aromatic rings. The van der Waals surface area contributed by atoms with Crippen LogP contribution < -0.4 is 16.4 Å². The number of carboxylic acid groups (broad SMARTS) is 1. The first-order chi connectivity index (χ1) is 15.9. The molecule has 0 spiro atoms. The Labute approximate surface area is 197 Å². The summed E-state index contributed by atoms with van der Waals surface area (Å²) >= 11 is 6.22. The Morgan fingerprint density at radius 3 is 2.30 bits per heavy atom. The van der Waals surface area contributed by atoms with E-state index in [0.717, 1.165) is 11.1 Å². The first-order valence-electron chi connectivity index (χ1n) is 10.5. The monoisotopic (exact) mass is 467 g/mol. The van der Waals surface area contributed by atoms with Crippen LogP contribution in [0.1, 0.15) is 34.7 Å². The number of aryl methyl sites for hydroxylation is 2. The van der Waals surface area contributed by atoms with Gasteiger partial charge < -0.3 is 26.6 Å². The molecule has 0 aliphatic heterocycles. The lowest BCUT2D eigenvalue weighted by molar-refractivity contribution is -0.137. The lowest BCUT2D eigenvalue weighted by atomic mass is 10.0. The van der Waals surface area contributed by atoms with Crippen LogP contribution in [0.25, 0.3) is 0 Å². The van der Waals surface area contributed by atoms with Gasteiger partial charge in [-0.3, -0.25) is 4.79 Å². The number of phenolic OH excluding ortho intramolecular Hbond substituents is 1. The normalized spacial score (nSPS) is 11.6. The van der Waals surface area contributed by atoms with Crippen molar-refractivity contribution in [2.75, 3.05) is 5.32 Å². The number of nitrogens with one attached hydrogen (secondary N) is 2. The van der Waals surface area contributed by atoms with E-state index in [1.165, 1.54) is 6.07 Å². The number of aromatic hydroxyl groups is 1. The van der Waals surface area contributed by atoms with E-state index in [1.54, 1.807) is 30.3 Å². The van der Waals surface area contributed by atoms with Gasteiger partial charge in [-0.2, -0.15) is 0 Å². The van der Waals surface area contributed by atoms with Crippen LogP contribution in [0.4, 0.5) is 10.5 Å². The quantitative estimate of drug-likeness (QED) is 0.293. The SMILES string of the molecule is NCc1ccc([C@H](CC(=O)O)NC(=O)Nc2cc(Cl)cc(CCc3ccccc3)c2O)cc1. The van der Waals surface area contributed by atoms with E-state index >= 15 is 0 Å². The maximum Gasteiger partial charge on any atom is 0.319 e. The molecule has 3 aromatic carbocycles. The number of amides is 2. The summed E-state index contributed by atoms with van der Waals surface area (Å²) in [5, 5.41) is 25.6. The van der Waals surface area contributed by atoms with Gasteiger partial charge in [0, 0.05) is 11.6 Å². The summed E-state index contributed by atoms with van der Waals surface area (Å²) in [4.78, 5) is 24.0. The van der Waals surface area contributed by atoms with E-state index in [4.69, 9.17) is 17.3 Å². The molecule has 0 bridgehead atoms. The topological polar surface area (TPSA) is 125 Å². The molecule has 0 saturated carbocycles. The highest BCUT2D eigenvalue weighted by molar-refractivity contribution is 6.31. The minimum atomic E-state index is -1.06. The molecule has 0 aliphatic rings. The molecule has 0 fully saturated rings. The smallest absolute Gasteiger partial charge is 0.319 e. The predicted octanol–water partition coefficient (Wildman–Crippen LogP) is 4.63. The third-order valence-corrected chi connectivity index (χ3v) is 5.45. The summed E-state index contributed by atoms with van der Waals surface area (Å²) in [5.74, 6) is -1.13. The molecular formula is C25H26ClN3O4. The van der Waals surface area contributed by atoms with E-state index in [9.17, 15) is 19.8 Å². The van der Waals surface area contributed by atoms with Crippen molar-refractivity contribution in [2.24, 2.45) is 5.73 Å². The van der Waals surface area contributed by atoms with Crippen LogP contribution in [0.2, 0.25) is 5.02 Å². The third kappa shape index (κ3) is 6.97. The average Bonchev–Trinajstić information content (AvgIpc) is 2.80. The first-order valence-corrected chi connectivity index (χ1v) is 10.9. The molecule has 0 radical (unpaired) electrons. The molecule has 33 heavy (non-hydrogen) atoms. The zero-order valence-electron chi connectivity index (χ0n) is 17.9. The molecule has 8 heteroatoms. The lowest BCUT2D eigenvalue weighted by Crippen LogP contribution is -2.33. The third-order valence-electron chi connectivity index (χ3n) is 5.23. The highest BCUT2D eigenvalue weighted by atomic mass is 35.5. The number of anilines is 1. The van der Waals surface area contributed by atoms with Crippen molar-refractivity contribution < 1.29 is 19.8 Å². The van der Waals surface area contributed by atoms with Gasteiger partial charge in [0.2, 0.25) is 0 Å². The fourth-order valence-corrected chi connectivity index (χ4v) is 3.74. The summed E-state index contributed by atoms with van der Waals surface area (Å²) in [6.45, 7) is 0.360. The number of carbonyl (C=O) groups is 2. The van der Waals surface area contributed by atoms with Crippen molar-refractivity contribution >= 4 is 29.3 Å². The molecular weight excluding hydrogens is 442 g/mol. The number of rotatable bonds is 9. The van der Waals surface area contributed by atoms with Crippen molar-refractivity contribution in [1.82, 2.24) is 5.32 Å². The van der Waals surface area contributed by atoms with Gasteiger partial charge in [0.15, 0.2) is 0 Å². The second-order valence-corrected chi connectivity index (χ2v) is 8.08. The zero-order valence-corrected chi connectivity index (χ0v) is 18.7. The number of phenols is 1. The number of benzene rings is 3. The summed E-state index contributed by atoms with van der Waals surface area (Å²) < 4.78 is 0. The molecule has 0 aliphatic carbocycles. The van der Waals surface area contributed by atoms with Gasteiger partial charge in [-0.25, -0.2) is 4.79 Å². The lowest BCUT2D eigenvalue weighted by Gasteiger charge is -2.19. The molecule has 6 N–H and O–H groups in total. The Kier molecular flexibility index (Phi) is 8.29. The van der Waals surface area contributed by atoms with Gasteiger partial charge in [-0.05, 0) is 47.2 Å². The van der Waals surface area contributed by atoms with Crippen LogP contribution in [0, 0.1) is 0 Å². The number of hydrogen-bond acceptors (Lipinski definition) is 4. The van der Waals surface area contributed by atoms with Crippen molar-refractivity contribution in [1.29, 1.82) is 0 Å². The number of halogens is 1. The Hall–Kier alpha value is -3.55. The van der Waals surface area contributed by atoms with Crippen LogP contribution in [0.15, 0.2) is 66.7 Å². The number of hydrogen-bond donors (Lipinski definition) is 5. The van der Waals surface area contributed by atoms with Crippen LogP contribution in [-0.2, 0) is 24.2 Å². The van der Waals surface area contributed by atoms with E-state index in [-0.39, 0.29) is 17.9 Å². The van der Waals surface area contributed by atoms with Crippen molar-refractivity contribution in [3.8, 4) is 5.75 Å². The maximum atomic E-state index is 12.7. The minimum Gasteiger partial charge on any atom is -0.505 e. The Bertz CT molecular complexity index is 1100. The maximum absolute atomic E-state index is 12.7. The van der Waals surface area contributed by atoms with Crippen LogP contribution >= 0.6 is 11.6 Å². The molecule has 7 nitrogen and oxygen atoms in total. The molecule has 0 heterocycles. The van der Waals surface area contributed by atoms with Crippen molar-refractivity contribution in [3.05, 3.63) is 94.0 Å².